The SMILES string of the molecule is COc1ccc(CCC=CO)cc1. The molecule has 0 aliphatic carbocycles. The molecule has 13 heavy (non-hydrogen) atoms. The number of ether oxygens (including phenoxy) is 1. The molecule has 0 saturated heterocycles. The van der Waals surface area contributed by atoms with Crippen LogP contribution >= 0.6 is 0 Å². The van der Waals surface area contributed by atoms with Crippen molar-refractivity contribution in [3.8, 4) is 5.75 Å². The summed E-state index contributed by atoms with van der Waals surface area (Å²) in [5, 5.41) is 8.43. The first kappa shape index (κ1) is 9.65. The second-order valence-electron chi connectivity index (χ2n) is 2.77. The summed E-state index contributed by atoms with van der Waals surface area (Å²) in [5.74, 6) is 0.876. The van der Waals surface area contributed by atoms with E-state index in [9.17, 15) is 0 Å². The predicted octanol–water partition coefficient (Wildman–Crippen LogP) is 2.70. The Morgan fingerprint density at radius 3 is 2.54 bits per heavy atom. The number of hydrogen-bond donors (Lipinski definition) is 1. The number of methoxy groups -OCH3 is 1. The van der Waals surface area contributed by atoms with E-state index < -0.39 is 0 Å². The van der Waals surface area contributed by atoms with Crippen LogP contribution < -0.4 is 4.74 Å². The van der Waals surface area contributed by atoms with Gasteiger partial charge in [-0.15, -0.1) is 0 Å². The molecule has 70 valence electrons. The molecule has 1 aromatic rings. The van der Waals surface area contributed by atoms with E-state index in [4.69, 9.17) is 9.84 Å². The van der Waals surface area contributed by atoms with Gasteiger partial charge in [0.1, 0.15) is 5.75 Å². The molecule has 1 rings (SSSR count). The van der Waals surface area contributed by atoms with Crippen LogP contribution in [0.1, 0.15) is 12.0 Å². The number of aryl methyl sites for hydroxylation is 1. The Labute approximate surface area is 78.5 Å². The van der Waals surface area contributed by atoms with Crippen molar-refractivity contribution < 1.29 is 9.84 Å². The molecule has 0 radical (unpaired) electrons. The van der Waals surface area contributed by atoms with Crippen molar-refractivity contribution in [3.63, 3.8) is 0 Å². The van der Waals surface area contributed by atoms with Gasteiger partial charge in [-0.05, 0) is 36.6 Å². The Bertz CT molecular complexity index is 262. The van der Waals surface area contributed by atoms with Crippen molar-refractivity contribution >= 4 is 0 Å². The van der Waals surface area contributed by atoms with Crippen LogP contribution in [0.3, 0.4) is 0 Å². The van der Waals surface area contributed by atoms with E-state index >= 15 is 0 Å². The van der Waals surface area contributed by atoms with Gasteiger partial charge in [0.2, 0.25) is 0 Å². The maximum atomic E-state index is 8.43. The van der Waals surface area contributed by atoms with Crippen LogP contribution in [0.4, 0.5) is 0 Å². The van der Waals surface area contributed by atoms with Gasteiger partial charge in [-0.2, -0.15) is 0 Å². The summed E-state index contributed by atoms with van der Waals surface area (Å²) in [6.07, 6.45) is 4.64. The molecule has 0 aliphatic rings. The van der Waals surface area contributed by atoms with Crippen molar-refractivity contribution in [3.05, 3.63) is 42.2 Å². The van der Waals surface area contributed by atoms with Crippen LogP contribution in [0.2, 0.25) is 0 Å². The Morgan fingerprint density at radius 2 is 2.00 bits per heavy atom. The van der Waals surface area contributed by atoms with E-state index in [-0.39, 0.29) is 0 Å². The third-order valence-corrected chi connectivity index (χ3v) is 1.86. The van der Waals surface area contributed by atoms with E-state index in [1.165, 1.54) is 5.56 Å². The molecular formula is C11H14O2. The Morgan fingerprint density at radius 1 is 1.31 bits per heavy atom. The third-order valence-electron chi connectivity index (χ3n) is 1.86. The average molecular weight is 178 g/mol. The summed E-state index contributed by atoms with van der Waals surface area (Å²) in [6, 6.07) is 7.95. The first-order valence-electron chi connectivity index (χ1n) is 4.29. The Balaban J connectivity index is 2.49. The zero-order valence-electron chi connectivity index (χ0n) is 7.73. The van der Waals surface area contributed by atoms with Crippen molar-refractivity contribution in [1.29, 1.82) is 0 Å². The van der Waals surface area contributed by atoms with Crippen molar-refractivity contribution in [1.82, 2.24) is 0 Å². The minimum atomic E-state index is 0.864. The van der Waals surface area contributed by atoms with Gasteiger partial charge >= 0.3 is 0 Å². The normalized spacial score (nSPS) is 10.5. The molecule has 0 unspecified atom stereocenters. The van der Waals surface area contributed by atoms with Crippen LogP contribution in [0, 0.1) is 0 Å². The van der Waals surface area contributed by atoms with Crippen LogP contribution in [0.15, 0.2) is 36.6 Å². The molecule has 0 amide bonds. The van der Waals surface area contributed by atoms with Gasteiger partial charge in [0.15, 0.2) is 0 Å². The molecule has 0 heterocycles. The molecule has 1 aromatic carbocycles. The zero-order chi connectivity index (χ0) is 9.52. The third kappa shape index (κ3) is 3.20. The second-order valence-corrected chi connectivity index (χ2v) is 2.77. The molecule has 1 N–H and O–H groups in total. The molecule has 0 aromatic heterocycles. The highest BCUT2D eigenvalue weighted by atomic mass is 16.5. The first-order chi connectivity index (χ1) is 6.36. The van der Waals surface area contributed by atoms with E-state index in [0.717, 1.165) is 24.9 Å². The van der Waals surface area contributed by atoms with Crippen molar-refractivity contribution in [2.45, 2.75) is 12.8 Å². The van der Waals surface area contributed by atoms with E-state index in [1.807, 2.05) is 24.3 Å². The molecule has 0 bridgehead atoms. The lowest BCUT2D eigenvalue weighted by molar-refractivity contribution is 0.414. The van der Waals surface area contributed by atoms with Gasteiger partial charge in [0.05, 0.1) is 13.4 Å². The number of allylic oxidation sites excluding steroid dienone is 1. The molecule has 2 heteroatoms. The standard InChI is InChI=1S/C11H14O2/c1-13-11-7-5-10(6-8-11)4-2-3-9-12/h3,5-9,12H,2,4H2,1H3. The summed E-state index contributed by atoms with van der Waals surface area (Å²) in [4.78, 5) is 0. The van der Waals surface area contributed by atoms with E-state index in [0.29, 0.717) is 0 Å². The number of aliphatic hydroxyl groups is 1. The molecule has 0 atom stereocenters. The van der Waals surface area contributed by atoms with Gasteiger partial charge in [-0.1, -0.05) is 12.1 Å². The van der Waals surface area contributed by atoms with Gasteiger partial charge < -0.3 is 9.84 Å². The lowest BCUT2D eigenvalue weighted by atomic mass is 10.1. The predicted molar refractivity (Wildman–Crippen MR) is 53.1 cm³/mol. The smallest absolute Gasteiger partial charge is 0.118 e. The lowest BCUT2D eigenvalue weighted by Gasteiger charge is -2.01. The molecule has 2 nitrogen and oxygen atoms in total. The van der Waals surface area contributed by atoms with Gasteiger partial charge in [0, 0.05) is 0 Å². The molecule has 0 aliphatic heterocycles. The highest BCUT2D eigenvalue weighted by Gasteiger charge is 1.92. The summed E-state index contributed by atoms with van der Waals surface area (Å²) < 4.78 is 5.04. The Kier molecular flexibility index (Phi) is 3.89. The van der Waals surface area contributed by atoms with Crippen LogP contribution in [0.5, 0.6) is 5.75 Å². The summed E-state index contributed by atoms with van der Waals surface area (Å²) >= 11 is 0. The number of hydrogen-bond acceptors (Lipinski definition) is 2. The minimum absolute atomic E-state index is 0.864. The number of benzene rings is 1. The maximum Gasteiger partial charge on any atom is 0.118 e. The fourth-order valence-electron chi connectivity index (χ4n) is 1.12. The fraction of sp³-hybridized carbons (Fsp3) is 0.273. The maximum absolute atomic E-state index is 8.43. The van der Waals surface area contributed by atoms with Crippen LogP contribution in [-0.2, 0) is 6.42 Å². The Hall–Kier alpha value is -1.44. The van der Waals surface area contributed by atoms with Gasteiger partial charge in [-0.25, -0.2) is 0 Å². The van der Waals surface area contributed by atoms with E-state index in [2.05, 4.69) is 0 Å². The highest BCUT2D eigenvalue weighted by molar-refractivity contribution is 5.27. The van der Waals surface area contributed by atoms with Gasteiger partial charge in [0.25, 0.3) is 0 Å². The average Bonchev–Trinajstić information content (AvgIpc) is 2.19. The lowest BCUT2D eigenvalue weighted by Crippen LogP contribution is -1.85. The quantitative estimate of drug-likeness (QED) is 0.718. The van der Waals surface area contributed by atoms with Crippen molar-refractivity contribution in [2.24, 2.45) is 0 Å². The van der Waals surface area contributed by atoms with Gasteiger partial charge in [-0.3, -0.25) is 0 Å². The monoisotopic (exact) mass is 178 g/mol. The topological polar surface area (TPSA) is 29.5 Å². The fourth-order valence-corrected chi connectivity index (χ4v) is 1.12. The van der Waals surface area contributed by atoms with Crippen molar-refractivity contribution in [2.75, 3.05) is 7.11 Å². The first-order valence-corrected chi connectivity index (χ1v) is 4.29. The zero-order valence-corrected chi connectivity index (χ0v) is 7.73. The molecule has 0 spiro atoms. The van der Waals surface area contributed by atoms with E-state index in [1.54, 1.807) is 13.2 Å². The number of aliphatic hydroxyl groups excluding tert-OH is 1. The van der Waals surface area contributed by atoms with Crippen LogP contribution in [-0.4, -0.2) is 12.2 Å². The summed E-state index contributed by atoms with van der Waals surface area (Å²) in [5.41, 5.74) is 1.25. The second kappa shape index (κ2) is 5.25. The summed E-state index contributed by atoms with van der Waals surface area (Å²) in [7, 11) is 1.66. The minimum Gasteiger partial charge on any atom is -0.516 e. The molecule has 0 fully saturated rings. The van der Waals surface area contributed by atoms with Crippen LogP contribution in [0.25, 0.3) is 0 Å². The number of rotatable bonds is 4. The summed E-state index contributed by atoms with van der Waals surface area (Å²) in [6.45, 7) is 0. The largest absolute Gasteiger partial charge is 0.516 e. The highest BCUT2D eigenvalue weighted by Crippen LogP contribution is 2.12. The molecular weight excluding hydrogens is 164 g/mol. The molecule has 0 saturated carbocycles.